The summed E-state index contributed by atoms with van der Waals surface area (Å²) in [5, 5.41) is 0. The highest BCUT2D eigenvalue weighted by Crippen LogP contribution is 2.70. The van der Waals surface area contributed by atoms with E-state index in [0.29, 0.717) is 12.5 Å². The lowest BCUT2D eigenvalue weighted by Crippen LogP contribution is -2.65. The van der Waals surface area contributed by atoms with Gasteiger partial charge in [-0.05, 0) is 44.9 Å². The number of hydrogen-bond donors (Lipinski definition) is 0. The van der Waals surface area contributed by atoms with Gasteiger partial charge in [0.15, 0.2) is 6.29 Å². The molecule has 26 heavy (non-hydrogen) atoms. The standard InChI is InChI=1S/C21H32O5/c1-13-10-14-16-18(2,17(22)25-14)6-5-7-19(16,3)21(13)9-8-20(26-21)11-15(23-4)24-12-20/h13-16H,5-12H2,1-4H3/t13-,14?,15-,16?,18+,19+,20-,21-/m1/s1. The molecule has 2 unspecified atom stereocenters. The monoisotopic (exact) mass is 364 g/mol. The highest BCUT2D eigenvalue weighted by molar-refractivity contribution is 5.80. The largest absolute Gasteiger partial charge is 0.462 e. The molecule has 0 aromatic heterocycles. The van der Waals surface area contributed by atoms with E-state index in [-0.39, 0.29) is 46.3 Å². The zero-order chi connectivity index (χ0) is 18.4. The number of esters is 1. The Labute approximate surface area is 156 Å². The number of carbonyl (C=O) groups is 1. The molecule has 5 heteroatoms. The van der Waals surface area contributed by atoms with Crippen molar-refractivity contribution in [2.24, 2.45) is 22.7 Å². The maximum Gasteiger partial charge on any atom is 0.312 e. The maximum absolute atomic E-state index is 12.8. The van der Waals surface area contributed by atoms with Crippen LogP contribution >= 0.6 is 0 Å². The summed E-state index contributed by atoms with van der Waals surface area (Å²) in [5.41, 5.74) is -0.772. The molecular formula is C21H32O5. The van der Waals surface area contributed by atoms with Crippen LogP contribution in [-0.4, -0.2) is 43.3 Å². The summed E-state index contributed by atoms with van der Waals surface area (Å²) < 4.78 is 24.3. The summed E-state index contributed by atoms with van der Waals surface area (Å²) in [7, 11) is 1.71. The number of ether oxygens (including phenoxy) is 4. The summed E-state index contributed by atoms with van der Waals surface area (Å²) in [4.78, 5) is 12.8. The van der Waals surface area contributed by atoms with Crippen LogP contribution in [0.5, 0.6) is 0 Å². The van der Waals surface area contributed by atoms with Crippen LogP contribution in [0, 0.1) is 22.7 Å². The number of carbonyl (C=O) groups excluding carboxylic acids is 1. The van der Waals surface area contributed by atoms with Crippen molar-refractivity contribution in [1.29, 1.82) is 0 Å². The molecular weight excluding hydrogens is 332 g/mol. The van der Waals surface area contributed by atoms with Gasteiger partial charge < -0.3 is 18.9 Å². The van der Waals surface area contributed by atoms with Crippen molar-refractivity contribution in [3.8, 4) is 0 Å². The summed E-state index contributed by atoms with van der Waals surface area (Å²) in [5.74, 6) is 0.671. The van der Waals surface area contributed by atoms with Gasteiger partial charge in [-0.25, -0.2) is 0 Å². The molecule has 5 rings (SSSR count). The van der Waals surface area contributed by atoms with Gasteiger partial charge in [0, 0.05) is 24.9 Å². The molecule has 0 aromatic rings. The van der Waals surface area contributed by atoms with Crippen molar-refractivity contribution in [2.45, 2.75) is 89.3 Å². The first-order valence-corrected chi connectivity index (χ1v) is 10.3. The van der Waals surface area contributed by atoms with Gasteiger partial charge in [-0.1, -0.05) is 20.3 Å². The van der Waals surface area contributed by atoms with Crippen LogP contribution in [0.25, 0.3) is 0 Å². The minimum atomic E-state index is -0.342. The first-order valence-electron chi connectivity index (χ1n) is 10.3. The molecule has 2 aliphatic carbocycles. The topological polar surface area (TPSA) is 54.0 Å². The lowest BCUT2D eigenvalue weighted by Gasteiger charge is -2.62. The van der Waals surface area contributed by atoms with Crippen LogP contribution in [-0.2, 0) is 23.7 Å². The Morgan fingerprint density at radius 2 is 1.96 bits per heavy atom. The molecule has 8 atom stereocenters. The van der Waals surface area contributed by atoms with Crippen LogP contribution in [0.1, 0.15) is 65.7 Å². The fourth-order valence-electron chi connectivity index (χ4n) is 7.70. The van der Waals surface area contributed by atoms with E-state index in [1.54, 1.807) is 7.11 Å². The second-order valence-electron chi connectivity index (χ2n) is 10.1. The normalized spacial score (nSPS) is 58.4. The number of rotatable bonds is 1. The van der Waals surface area contributed by atoms with Crippen LogP contribution in [0.15, 0.2) is 0 Å². The first kappa shape index (κ1) is 17.4. The van der Waals surface area contributed by atoms with Crippen molar-refractivity contribution < 1.29 is 23.7 Å². The molecule has 5 aliphatic rings. The number of methoxy groups -OCH3 is 1. The van der Waals surface area contributed by atoms with E-state index in [9.17, 15) is 4.79 Å². The second kappa shape index (κ2) is 5.24. The van der Waals surface area contributed by atoms with E-state index in [0.717, 1.165) is 44.9 Å². The zero-order valence-corrected chi connectivity index (χ0v) is 16.5. The van der Waals surface area contributed by atoms with Crippen LogP contribution < -0.4 is 0 Å². The Balaban J connectivity index is 1.55. The third-order valence-corrected chi connectivity index (χ3v) is 8.89. The highest BCUT2D eigenvalue weighted by Gasteiger charge is 2.74. The molecule has 5 nitrogen and oxygen atoms in total. The summed E-state index contributed by atoms with van der Waals surface area (Å²) in [6.07, 6.45) is 6.87. The van der Waals surface area contributed by atoms with Crippen molar-refractivity contribution in [3.63, 3.8) is 0 Å². The van der Waals surface area contributed by atoms with Crippen molar-refractivity contribution in [1.82, 2.24) is 0 Å². The third-order valence-electron chi connectivity index (χ3n) is 8.89. The Kier molecular flexibility index (Phi) is 3.51. The van der Waals surface area contributed by atoms with E-state index in [1.165, 1.54) is 0 Å². The van der Waals surface area contributed by atoms with E-state index < -0.39 is 0 Å². The quantitative estimate of drug-likeness (QED) is 0.667. The van der Waals surface area contributed by atoms with E-state index in [1.807, 2.05) is 0 Å². The predicted molar refractivity (Wildman–Crippen MR) is 94.4 cm³/mol. The molecule has 0 aromatic carbocycles. The molecule has 3 aliphatic heterocycles. The van der Waals surface area contributed by atoms with E-state index in [2.05, 4.69) is 20.8 Å². The average Bonchev–Trinajstić information content (AvgIpc) is 3.25. The fraction of sp³-hybridized carbons (Fsp3) is 0.952. The fourth-order valence-corrected chi connectivity index (χ4v) is 7.70. The van der Waals surface area contributed by atoms with Gasteiger partial charge in [-0.2, -0.15) is 0 Å². The predicted octanol–water partition coefficient (Wildman–Crippen LogP) is 3.45. The molecule has 5 fully saturated rings. The lowest BCUT2D eigenvalue weighted by atomic mass is 9.44. The summed E-state index contributed by atoms with van der Waals surface area (Å²) >= 11 is 0. The van der Waals surface area contributed by atoms with Crippen LogP contribution in [0.3, 0.4) is 0 Å². The van der Waals surface area contributed by atoms with Crippen LogP contribution in [0.2, 0.25) is 0 Å². The molecule has 0 radical (unpaired) electrons. The van der Waals surface area contributed by atoms with Gasteiger partial charge >= 0.3 is 5.97 Å². The Morgan fingerprint density at radius 1 is 1.15 bits per heavy atom. The Bertz CT molecular complexity index is 636. The Hall–Kier alpha value is -0.650. The minimum Gasteiger partial charge on any atom is -0.462 e. The zero-order valence-electron chi connectivity index (χ0n) is 16.5. The van der Waals surface area contributed by atoms with Crippen molar-refractivity contribution in [3.05, 3.63) is 0 Å². The van der Waals surface area contributed by atoms with E-state index >= 15 is 0 Å². The molecule has 0 bridgehead atoms. The average molecular weight is 364 g/mol. The van der Waals surface area contributed by atoms with E-state index in [4.69, 9.17) is 18.9 Å². The van der Waals surface area contributed by atoms with Crippen molar-refractivity contribution >= 4 is 5.97 Å². The highest BCUT2D eigenvalue weighted by atomic mass is 16.7. The number of fused-ring (bicyclic) bond motifs is 1. The number of hydrogen-bond acceptors (Lipinski definition) is 5. The Morgan fingerprint density at radius 3 is 2.69 bits per heavy atom. The van der Waals surface area contributed by atoms with Gasteiger partial charge in [0.2, 0.25) is 0 Å². The molecule has 0 N–H and O–H groups in total. The van der Waals surface area contributed by atoms with Crippen molar-refractivity contribution in [2.75, 3.05) is 13.7 Å². The molecule has 3 saturated heterocycles. The van der Waals surface area contributed by atoms with Gasteiger partial charge in [0.05, 0.1) is 23.2 Å². The van der Waals surface area contributed by atoms with Gasteiger partial charge in [-0.15, -0.1) is 0 Å². The van der Waals surface area contributed by atoms with Gasteiger partial charge in [-0.3, -0.25) is 4.79 Å². The molecule has 0 amide bonds. The maximum atomic E-state index is 12.8. The molecule has 2 saturated carbocycles. The third kappa shape index (κ3) is 1.90. The van der Waals surface area contributed by atoms with Gasteiger partial charge in [0.1, 0.15) is 6.10 Å². The molecule has 3 heterocycles. The molecule has 146 valence electrons. The summed E-state index contributed by atoms with van der Waals surface area (Å²) in [6, 6.07) is 0. The van der Waals surface area contributed by atoms with Gasteiger partial charge in [0.25, 0.3) is 0 Å². The van der Waals surface area contributed by atoms with Crippen LogP contribution in [0.4, 0.5) is 0 Å². The first-order chi connectivity index (χ1) is 12.3. The molecule has 2 spiro atoms. The minimum absolute atomic E-state index is 0.0247. The lowest BCUT2D eigenvalue weighted by molar-refractivity contribution is -0.251. The second-order valence-corrected chi connectivity index (χ2v) is 10.1. The summed E-state index contributed by atoms with van der Waals surface area (Å²) in [6.45, 7) is 7.47. The SMILES string of the molecule is CO[C@H]1C[C@]2(CC[C@@]3(O2)[C@H](C)CC2OC(=O)[C@@]4(C)CCC[C@@]3(C)C24)CO1. The smallest absolute Gasteiger partial charge is 0.312 e.